The van der Waals surface area contributed by atoms with Gasteiger partial charge in [0.15, 0.2) is 0 Å². The second kappa shape index (κ2) is 4.86. The van der Waals surface area contributed by atoms with E-state index in [1.54, 1.807) is 44.2 Å². The third-order valence-corrected chi connectivity index (χ3v) is 1.77. The molecule has 0 aliphatic carbocycles. The molecule has 0 radical (unpaired) electrons. The third-order valence-electron chi connectivity index (χ3n) is 1.77. The van der Waals surface area contributed by atoms with Crippen molar-refractivity contribution in [2.75, 3.05) is 0 Å². The lowest BCUT2D eigenvalue weighted by molar-refractivity contribution is 0.0831. The summed E-state index contributed by atoms with van der Waals surface area (Å²) in [6, 6.07) is 8.40. The van der Waals surface area contributed by atoms with Gasteiger partial charge in [-0.3, -0.25) is 10.1 Å². The molecular formula is C11H14FNO. The first-order valence-electron chi connectivity index (χ1n) is 4.60. The van der Waals surface area contributed by atoms with Crippen LogP contribution in [0.15, 0.2) is 30.3 Å². The molecule has 0 heterocycles. The van der Waals surface area contributed by atoms with Gasteiger partial charge in [0.2, 0.25) is 12.1 Å². The van der Waals surface area contributed by atoms with Gasteiger partial charge >= 0.3 is 0 Å². The average Bonchev–Trinajstić information content (AvgIpc) is 2.17. The van der Waals surface area contributed by atoms with Crippen molar-refractivity contribution in [3.8, 4) is 0 Å². The van der Waals surface area contributed by atoms with Crippen molar-refractivity contribution in [1.82, 2.24) is 5.32 Å². The first kappa shape index (κ1) is 10.9. The highest BCUT2D eigenvalue weighted by atomic mass is 19.1. The molecule has 0 aliphatic heterocycles. The van der Waals surface area contributed by atoms with E-state index in [9.17, 15) is 9.18 Å². The summed E-state index contributed by atoms with van der Waals surface area (Å²) >= 11 is 0. The average molecular weight is 195 g/mol. The Hall–Kier alpha value is -1.22. The van der Waals surface area contributed by atoms with Gasteiger partial charge in [-0.2, -0.15) is 0 Å². The molecule has 1 aromatic rings. The normalized spacial score (nSPS) is 12.9. The van der Waals surface area contributed by atoms with E-state index in [0.717, 1.165) is 0 Å². The van der Waals surface area contributed by atoms with Crippen molar-refractivity contribution < 1.29 is 9.18 Å². The highest BCUT2D eigenvalue weighted by molar-refractivity contribution is 5.99. The van der Waals surface area contributed by atoms with Crippen molar-refractivity contribution in [2.45, 2.75) is 26.2 Å². The molecule has 0 saturated heterocycles. The molecule has 0 amide bonds. The molecule has 1 rings (SSSR count). The highest BCUT2D eigenvalue weighted by Crippen LogP contribution is 2.04. The van der Waals surface area contributed by atoms with Gasteiger partial charge in [-0.1, -0.05) is 30.3 Å². The molecule has 0 aliphatic rings. The van der Waals surface area contributed by atoms with Crippen LogP contribution in [-0.2, 0) is 0 Å². The Bertz CT molecular complexity index is 297. The molecule has 1 unspecified atom stereocenters. The zero-order chi connectivity index (χ0) is 10.6. The maximum Gasteiger partial charge on any atom is 0.214 e. The van der Waals surface area contributed by atoms with Gasteiger partial charge < -0.3 is 0 Å². The number of hydrogen-bond acceptors (Lipinski definition) is 2. The predicted octanol–water partition coefficient (Wildman–Crippen LogP) is 2.16. The molecule has 0 saturated carbocycles. The van der Waals surface area contributed by atoms with Crippen LogP contribution in [0.1, 0.15) is 24.2 Å². The molecular weight excluding hydrogens is 181 g/mol. The number of benzene rings is 1. The first-order valence-corrected chi connectivity index (χ1v) is 4.60. The van der Waals surface area contributed by atoms with Gasteiger partial charge in [-0.05, 0) is 13.8 Å². The molecule has 3 heteroatoms. The van der Waals surface area contributed by atoms with Crippen molar-refractivity contribution in [1.29, 1.82) is 0 Å². The number of alkyl halides is 1. The fraction of sp³-hybridized carbons (Fsp3) is 0.364. The van der Waals surface area contributed by atoms with Crippen LogP contribution in [0.25, 0.3) is 0 Å². The lowest BCUT2D eigenvalue weighted by Gasteiger charge is -2.12. The van der Waals surface area contributed by atoms with Crippen molar-refractivity contribution in [3.05, 3.63) is 35.9 Å². The Kier molecular flexibility index (Phi) is 3.77. The first-order chi connectivity index (χ1) is 6.61. The number of halogens is 1. The lowest BCUT2D eigenvalue weighted by Crippen LogP contribution is -2.37. The molecule has 1 aromatic carbocycles. The minimum Gasteiger partial charge on any atom is -0.289 e. The second-order valence-corrected chi connectivity index (χ2v) is 3.41. The van der Waals surface area contributed by atoms with Crippen LogP contribution in [0.3, 0.4) is 0 Å². The van der Waals surface area contributed by atoms with E-state index in [1.165, 1.54) is 0 Å². The van der Waals surface area contributed by atoms with Crippen LogP contribution in [0, 0.1) is 0 Å². The van der Waals surface area contributed by atoms with Gasteiger partial charge in [-0.15, -0.1) is 0 Å². The molecule has 0 bridgehead atoms. The number of hydrogen-bond donors (Lipinski definition) is 1. The standard InChI is InChI=1S/C11H14FNO/c1-8(2)13-11(12)10(14)9-6-4-3-5-7-9/h3-8,11,13H,1-2H3. The van der Waals surface area contributed by atoms with Crippen LogP contribution < -0.4 is 5.32 Å². The Balaban J connectivity index is 2.66. The van der Waals surface area contributed by atoms with E-state index in [0.29, 0.717) is 5.56 Å². The van der Waals surface area contributed by atoms with Crippen molar-refractivity contribution >= 4 is 5.78 Å². The fourth-order valence-corrected chi connectivity index (χ4v) is 1.12. The van der Waals surface area contributed by atoms with Crippen molar-refractivity contribution in [3.63, 3.8) is 0 Å². The van der Waals surface area contributed by atoms with Gasteiger partial charge in [0.1, 0.15) is 0 Å². The SMILES string of the molecule is CC(C)NC(F)C(=O)c1ccccc1. The number of carbonyl (C=O) groups is 1. The zero-order valence-corrected chi connectivity index (χ0v) is 8.33. The Morgan fingerprint density at radius 3 is 2.36 bits per heavy atom. The monoisotopic (exact) mass is 195 g/mol. The Labute approximate surface area is 83.1 Å². The molecule has 0 fully saturated rings. The summed E-state index contributed by atoms with van der Waals surface area (Å²) in [6.45, 7) is 3.59. The van der Waals surface area contributed by atoms with Gasteiger partial charge in [-0.25, -0.2) is 4.39 Å². The van der Waals surface area contributed by atoms with Crippen molar-refractivity contribution in [2.24, 2.45) is 0 Å². The van der Waals surface area contributed by atoms with Crippen LogP contribution in [0.4, 0.5) is 4.39 Å². The minimum atomic E-state index is -1.61. The maximum absolute atomic E-state index is 13.3. The van der Waals surface area contributed by atoms with E-state index in [2.05, 4.69) is 5.32 Å². The van der Waals surface area contributed by atoms with E-state index >= 15 is 0 Å². The van der Waals surface area contributed by atoms with Crippen LogP contribution in [-0.4, -0.2) is 18.1 Å². The molecule has 1 N–H and O–H groups in total. The summed E-state index contributed by atoms with van der Waals surface area (Å²) in [6.07, 6.45) is -1.61. The number of rotatable bonds is 4. The second-order valence-electron chi connectivity index (χ2n) is 3.41. The predicted molar refractivity (Wildman–Crippen MR) is 53.9 cm³/mol. The lowest BCUT2D eigenvalue weighted by atomic mass is 10.1. The Morgan fingerprint density at radius 2 is 1.86 bits per heavy atom. The minimum absolute atomic E-state index is 0.0438. The summed E-state index contributed by atoms with van der Waals surface area (Å²) in [5.41, 5.74) is 0.396. The van der Waals surface area contributed by atoms with Gasteiger partial charge in [0.25, 0.3) is 0 Å². The molecule has 1 atom stereocenters. The summed E-state index contributed by atoms with van der Waals surface area (Å²) in [7, 11) is 0. The molecule has 2 nitrogen and oxygen atoms in total. The van der Waals surface area contributed by atoms with Gasteiger partial charge in [0, 0.05) is 11.6 Å². The van der Waals surface area contributed by atoms with E-state index in [1.807, 2.05) is 0 Å². The summed E-state index contributed by atoms with van der Waals surface area (Å²) < 4.78 is 13.3. The fourth-order valence-electron chi connectivity index (χ4n) is 1.12. The molecule has 0 aromatic heterocycles. The number of nitrogens with one attached hydrogen (secondary N) is 1. The van der Waals surface area contributed by atoms with E-state index in [4.69, 9.17) is 0 Å². The van der Waals surface area contributed by atoms with E-state index < -0.39 is 12.1 Å². The largest absolute Gasteiger partial charge is 0.289 e. The third kappa shape index (κ3) is 2.92. The number of ketones is 1. The molecule has 76 valence electrons. The van der Waals surface area contributed by atoms with Crippen LogP contribution in [0.2, 0.25) is 0 Å². The van der Waals surface area contributed by atoms with Crippen LogP contribution in [0.5, 0.6) is 0 Å². The Morgan fingerprint density at radius 1 is 1.29 bits per heavy atom. The zero-order valence-electron chi connectivity index (χ0n) is 8.33. The maximum atomic E-state index is 13.3. The highest BCUT2D eigenvalue weighted by Gasteiger charge is 2.18. The van der Waals surface area contributed by atoms with E-state index in [-0.39, 0.29) is 6.04 Å². The number of Topliss-reactive ketones (excluding diaryl/α,β-unsaturated/α-hetero) is 1. The molecule has 0 spiro atoms. The topological polar surface area (TPSA) is 29.1 Å². The van der Waals surface area contributed by atoms with Gasteiger partial charge in [0.05, 0.1) is 0 Å². The number of carbonyl (C=O) groups excluding carboxylic acids is 1. The molecule has 14 heavy (non-hydrogen) atoms. The smallest absolute Gasteiger partial charge is 0.214 e. The summed E-state index contributed by atoms with van der Waals surface area (Å²) in [4.78, 5) is 11.4. The van der Waals surface area contributed by atoms with Crippen LogP contribution >= 0.6 is 0 Å². The summed E-state index contributed by atoms with van der Waals surface area (Å²) in [5, 5.41) is 2.52. The quantitative estimate of drug-likeness (QED) is 0.589. The summed E-state index contributed by atoms with van der Waals surface area (Å²) in [5.74, 6) is -0.515.